The highest BCUT2D eigenvalue weighted by Gasteiger charge is 2.24. The van der Waals surface area contributed by atoms with E-state index in [-0.39, 0.29) is 30.0 Å². The standard InChI is InChI=1S/C15H22ClN3O2.HI/c1-19(9-11-21-12-10-19)8-2-7-17-15(20)18-14-5-3-13(16)4-6-14;/h3-6H,2,7-12H2,1H3,(H-,17,18,20);1H. The monoisotopic (exact) mass is 439 g/mol. The predicted octanol–water partition coefficient (Wildman–Crippen LogP) is -0.668. The lowest BCUT2D eigenvalue weighted by molar-refractivity contribution is -0.916. The molecular formula is C15H23ClIN3O2. The summed E-state index contributed by atoms with van der Waals surface area (Å²) in [6.45, 7) is 5.51. The lowest BCUT2D eigenvalue weighted by atomic mass is 10.3. The van der Waals surface area contributed by atoms with Crippen LogP contribution in [0.25, 0.3) is 0 Å². The second-order valence-corrected chi connectivity index (χ2v) is 6.08. The van der Waals surface area contributed by atoms with Crippen molar-refractivity contribution in [2.24, 2.45) is 0 Å². The first-order valence-electron chi connectivity index (χ1n) is 7.29. The van der Waals surface area contributed by atoms with E-state index in [2.05, 4.69) is 17.7 Å². The van der Waals surface area contributed by atoms with Gasteiger partial charge in [0.1, 0.15) is 13.1 Å². The molecule has 0 aliphatic carbocycles. The Morgan fingerprint density at radius 2 is 1.91 bits per heavy atom. The Hall–Kier alpha value is -0.570. The van der Waals surface area contributed by atoms with Crippen LogP contribution in [0.3, 0.4) is 0 Å². The van der Waals surface area contributed by atoms with E-state index in [9.17, 15) is 4.79 Å². The molecule has 0 atom stereocenters. The second-order valence-electron chi connectivity index (χ2n) is 5.64. The van der Waals surface area contributed by atoms with Gasteiger partial charge < -0.3 is 43.8 Å². The molecule has 1 aliphatic rings. The first-order valence-corrected chi connectivity index (χ1v) is 7.67. The van der Waals surface area contributed by atoms with E-state index in [0.29, 0.717) is 11.6 Å². The Morgan fingerprint density at radius 3 is 2.55 bits per heavy atom. The van der Waals surface area contributed by atoms with Gasteiger partial charge >= 0.3 is 6.03 Å². The van der Waals surface area contributed by atoms with Gasteiger partial charge in [-0.1, -0.05) is 11.6 Å². The van der Waals surface area contributed by atoms with Crippen LogP contribution in [0.15, 0.2) is 24.3 Å². The molecule has 1 aliphatic heterocycles. The largest absolute Gasteiger partial charge is 1.00 e. The van der Waals surface area contributed by atoms with Crippen LogP contribution in [0.1, 0.15) is 6.42 Å². The number of halogens is 2. The molecule has 1 saturated heterocycles. The van der Waals surface area contributed by atoms with Crippen molar-refractivity contribution in [3.63, 3.8) is 0 Å². The zero-order valence-corrected chi connectivity index (χ0v) is 15.7. The Labute approximate surface area is 154 Å². The van der Waals surface area contributed by atoms with Gasteiger partial charge in [0, 0.05) is 23.7 Å². The normalized spacial score (nSPS) is 16.5. The fraction of sp³-hybridized carbons (Fsp3) is 0.533. The van der Waals surface area contributed by atoms with Crippen LogP contribution >= 0.6 is 11.6 Å². The number of morpholine rings is 1. The summed E-state index contributed by atoms with van der Waals surface area (Å²) in [7, 11) is 2.25. The van der Waals surface area contributed by atoms with E-state index in [1.165, 1.54) is 0 Å². The predicted molar refractivity (Wildman–Crippen MR) is 84.7 cm³/mol. The van der Waals surface area contributed by atoms with E-state index in [0.717, 1.165) is 49.4 Å². The average Bonchev–Trinajstić information content (AvgIpc) is 2.47. The smallest absolute Gasteiger partial charge is 0.319 e. The van der Waals surface area contributed by atoms with Gasteiger partial charge in [0.05, 0.1) is 26.8 Å². The summed E-state index contributed by atoms with van der Waals surface area (Å²) in [6.07, 6.45) is 0.963. The third kappa shape index (κ3) is 6.68. The number of likely N-dealkylation sites (N-methyl/N-ethyl adjacent to an activating group) is 1. The van der Waals surface area contributed by atoms with Crippen LogP contribution in [-0.2, 0) is 4.74 Å². The van der Waals surface area contributed by atoms with Gasteiger partial charge in [0.2, 0.25) is 0 Å². The second kappa shape index (κ2) is 9.54. The number of carbonyl (C=O) groups is 1. The number of rotatable bonds is 5. The molecule has 0 aromatic heterocycles. The highest BCUT2D eigenvalue weighted by Crippen LogP contribution is 2.13. The number of anilines is 1. The van der Waals surface area contributed by atoms with Crippen molar-refractivity contribution >= 4 is 23.3 Å². The number of nitrogens with one attached hydrogen (secondary N) is 2. The van der Waals surface area contributed by atoms with Gasteiger partial charge in [-0.3, -0.25) is 0 Å². The van der Waals surface area contributed by atoms with E-state index in [1.807, 2.05) is 0 Å². The third-order valence-electron chi connectivity index (χ3n) is 3.81. The van der Waals surface area contributed by atoms with Crippen LogP contribution in [-0.4, -0.2) is 57.0 Å². The topological polar surface area (TPSA) is 50.4 Å². The third-order valence-corrected chi connectivity index (χ3v) is 4.07. The molecule has 0 saturated carbocycles. The summed E-state index contributed by atoms with van der Waals surface area (Å²) in [4.78, 5) is 11.7. The summed E-state index contributed by atoms with van der Waals surface area (Å²) in [5.41, 5.74) is 0.740. The first kappa shape index (κ1) is 19.5. The van der Waals surface area contributed by atoms with Crippen LogP contribution < -0.4 is 34.6 Å². The zero-order chi connectivity index (χ0) is 15.1. The number of urea groups is 1. The summed E-state index contributed by atoms with van der Waals surface area (Å²) in [6, 6.07) is 6.88. The van der Waals surface area contributed by atoms with Crippen molar-refractivity contribution in [3.05, 3.63) is 29.3 Å². The Balaban J connectivity index is 0.00000242. The van der Waals surface area contributed by atoms with Crippen LogP contribution in [0.2, 0.25) is 5.02 Å². The molecule has 2 rings (SSSR count). The molecule has 5 nitrogen and oxygen atoms in total. The molecule has 124 valence electrons. The van der Waals surface area contributed by atoms with E-state index in [1.54, 1.807) is 24.3 Å². The van der Waals surface area contributed by atoms with Crippen molar-refractivity contribution in [1.29, 1.82) is 0 Å². The van der Waals surface area contributed by atoms with Gasteiger partial charge in [-0.25, -0.2) is 4.79 Å². The molecule has 2 amide bonds. The summed E-state index contributed by atoms with van der Waals surface area (Å²) in [5, 5.41) is 6.32. The lowest BCUT2D eigenvalue weighted by Gasteiger charge is -2.37. The first-order chi connectivity index (χ1) is 10.1. The Morgan fingerprint density at radius 1 is 1.27 bits per heavy atom. The van der Waals surface area contributed by atoms with Crippen molar-refractivity contribution in [1.82, 2.24) is 5.32 Å². The molecule has 0 spiro atoms. The minimum Gasteiger partial charge on any atom is -1.00 e. The van der Waals surface area contributed by atoms with E-state index < -0.39 is 0 Å². The minimum absolute atomic E-state index is 0. The van der Waals surface area contributed by atoms with Crippen molar-refractivity contribution in [2.75, 3.05) is 51.8 Å². The molecule has 1 heterocycles. The lowest BCUT2D eigenvalue weighted by Crippen LogP contribution is -3.00. The zero-order valence-electron chi connectivity index (χ0n) is 12.8. The molecule has 0 bridgehead atoms. The maximum Gasteiger partial charge on any atom is 0.319 e. The summed E-state index contributed by atoms with van der Waals surface area (Å²) >= 11 is 5.80. The Bertz CT molecular complexity index is 464. The molecule has 0 radical (unpaired) electrons. The van der Waals surface area contributed by atoms with Gasteiger partial charge in [0.15, 0.2) is 0 Å². The number of amides is 2. The molecular weight excluding hydrogens is 417 g/mol. The van der Waals surface area contributed by atoms with Gasteiger partial charge in [-0.05, 0) is 24.3 Å². The number of quaternary nitrogens is 1. The summed E-state index contributed by atoms with van der Waals surface area (Å²) in [5.74, 6) is 0. The molecule has 22 heavy (non-hydrogen) atoms. The van der Waals surface area contributed by atoms with Crippen LogP contribution in [0, 0.1) is 0 Å². The molecule has 1 aromatic rings. The van der Waals surface area contributed by atoms with E-state index >= 15 is 0 Å². The summed E-state index contributed by atoms with van der Waals surface area (Å²) < 4.78 is 6.41. The van der Waals surface area contributed by atoms with E-state index in [4.69, 9.17) is 16.3 Å². The fourth-order valence-corrected chi connectivity index (χ4v) is 2.50. The van der Waals surface area contributed by atoms with Crippen molar-refractivity contribution in [2.45, 2.75) is 6.42 Å². The SMILES string of the molecule is C[N+]1(CCCNC(=O)Nc2ccc(Cl)cc2)CCOCC1.[I-]. The van der Waals surface area contributed by atoms with Crippen LogP contribution in [0.4, 0.5) is 10.5 Å². The number of nitrogens with zero attached hydrogens (tertiary/aromatic N) is 1. The minimum atomic E-state index is -0.179. The highest BCUT2D eigenvalue weighted by molar-refractivity contribution is 6.30. The fourth-order valence-electron chi connectivity index (χ4n) is 2.38. The highest BCUT2D eigenvalue weighted by atomic mass is 127. The molecule has 1 aromatic carbocycles. The maximum atomic E-state index is 11.7. The van der Waals surface area contributed by atoms with Crippen molar-refractivity contribution < 1.29 is 38.0 Å². The molecule has 0 unspecified atom stereocenters. The number of hydrogen-bond donors (Lipinski definition) is 2. The maximum absolute atomic E-state index is 11.7. The van der Waals surface area contributed by atoms with Crippen LogP contribution in [0.5, 0.6) is 0 Å². The number of carbonyl (C=O) groups excluding carboxylic acids is 1. The Kier molecular flexibility index (Phi) is 8.45. The quantitative estimate of drug-likeness (QED) is 0.363. The average molecular weight is 440 g/mol. The van der Waals surface area contributed by atoms with Crippen molar-refractivity contribution in [3.8, 4) is 0 Å². The molecule has 1 fully saturated rings. The number of hydrogen-bond acceptors (Lipinski definition) is 2. The number of ether oxygens (including phenoxy) is 1. The van der Waals surface area contributed by atoms with Gasteiger partial charge in [-0.2, -0.15) is 0 Å². The van der Waals surface area contributed by atoms with Gasteiger partial charge in [-0.15, -0.1) is 0 Å². The molecule has 2 N–H and O–H groups in total. The van der Waals surface area contributed by atoms with Gasteiger partial charge in [0.25, 0.3) is 0 Å². The number of benzene rings is 1. The molecule has 7 heteroatoms.